The SMILES string of the molecule is CCCCc1cc(O)cc(C(C)(C)C)c1Oc1c(CCCC)cc(O)cc1C(C)(C)C. The van der Waals surface area contributed by atoms with E-state index in [0.29, 0.717) is 0 Å². The first-order valence-electron chi connectivity index (χ1n) is 11.8. The van der Waals surface area contributed by atoms with E-state index in [1.54, 1.807) is 0 Å². The van der Waals surface area contributed by atoms with Crippen molar-refractivity contribution in [2.75, 3.05) is 0 Å². The molecule has 0 amide bonds. The molecule has 0 saturated heterocycles. The fourth-order valence-electron chi connectivity index (χ4n) is 3.91. The Labute approximate surface area is 189 Å². The van der Waals surface area contributed by atoms with Crippen molar-refractivity contribution in [1.29, 1.82) is 0 Å². The Morgan fingerprint density at radius 2 is 1.00 bits per heavy atom. The van der Waals surface area contributed by atoms with Gasteiger partial charge in [0.15, 0.2) is 0 Å². The Kier molecular flexibility index (Phi) is 8.08. The lowest BCUT2D eigenvalue weighted by Gasteiger charge is -2.29. The van der Waals surface area contributed by atoms with Crippen molar-refractivity contribution in [2.45, 2.75) is 105 Å². The molecule has 0 bridgehead atoms. The van der Waals surface area contributed by atoms with Crippen LogP contribution in [0.15, 0.2) is 24.3 Å². The van der Waals surface area contributed by atoms with Gasteiger partial charge in [-0.2, -0.15) is 0 Å². The highest BCUT2D eigenvalue weighted by molar-refractivity contribution is 5.56. The van der Waals surface area contributed by atoms with Crippen LogP contribution >= 0.6 is 0 Å². The third-order valence-electron chi connectivity index (χ3n) is 5.72. The van der Waals surface area contributed by atoms with Crippen LogP contribution in [0.2, 0.25) is 0 Å². The molecule has 172 valence electrons. The van der Waals surface area contributed by atoms with Crippen LogP contribution in [0, 0.1) is 0 Å². The lowest BCUT2D eigenvalue weighted by atomic mass is 9.83. The fourth-order valence-corrected chi connectivity index (χ4v) is 3.91. The van der Waals surface area contributed by atoms with Crippen LogP contribution < -0.4 is 4.74 Å². The lowest BCUT2D eigenvalue weighted by molar-refractivity contribution is 0.413. The Balaban J connectivity index is 2.76. The summed E-state index contributed by atoms with van der Waals surface area (Å²) in [5.74, 6) is 2.29. The molecule has 2 aromatic rings. The van der Waals surface area contributed by atoms with E-state index >= 15 is 0 Å². The standard InChI is InChI=1S/C28H42O3/c1-9-11-13-19-15-21(29)17-23(27(3,4)5)25(19)31-26-20(14-12-10-2)16-22(30)18-24(26)28(6,7)8/h15-18,29-30H,9-14H2,1-8H3. The quantitative estimate of drug-likeness (QED) is 0.447. The molecule has 0 saturated carbocycles. The molecule has 0 aromatic heterocycles. The van der Waals surface area contributed by atoms with Crippen molar-refractivity contribution in [1.82, 2.24) is 0 Å². The lowest BCUT2D eigenvalue weighted by Crippen LogP contribution is -2.17. The zero-order valence-corrected chi connectivity index (χ0v) is 20.9. The number of aromatic hydroxyl groups is 2. The van der Waals surface area contributed by atoms with E-state index < -0.39 is 0 Å². The van der Waals surface area contributed by atoms with Gasteiger partial charge in [0.1, 0.15) is 23.0 Å². The molecule has 2 aromatic carbocycles. The molecule has 31 heavy (non-hydrogen) atoms. The monoisotopic (exact) mass is 426 g/mol. The highest BCUT2D eigenvalue weighted by atomic mass is 16.5. The van der Waals surface area contributed by atoms with Crippen molar-refractivity contribution < 1.29 is 14.9 Å². The molecule has 0 radical (unpaired) electrons. The summed E-state index contributed by atoms with van der Waals surface area (Å²) in [5, 5.41) is 20.9. The van der Waals surface area contributed by atoms with Gasteiger partial charge in [0.2, 0.25) is 0 Å². The van der Waals surface area contributed by atoms with E-state index in [1.165, 1.54) is 0 Å². The van der Waals surface area contributed by atoms with Crippen LogP contribution in [0.4, 0.5) is 0 Å². The van der Waals surface area contributed by atoms with Gasteiger partial charge in [-0.25, -0.2) is 0 Å². The van der Waals surface area contributed by atoms with Gasteiger partial charge in [-0.3, -0.25) is 0 Å². The van der Waals surface area contributed by atoms with Crippen LogP contribution in [0.1, 0.15) is 103 Å². The number of benzene rings is 2. The van der Waals surface area contributed by atoms with Crippen LogP contribution in [0.25, 0.3) is 0 Å². The van der Waals surface area contributed by atoms with E-state index in [0.717, 1.165) is 72.3 Å². The van der Waals surface area contributed by atoms with Gasteiger partial charge in [0, 0.05) is 11.1 Å². The Hall–Kier alpha value is -2.16. The summed E-state index contributed by atoms with van der Waals surface area (Å²) < 4.78 is 6.84. The second-order valence-electron chi connectivity index (χ2n) is 10.8. The van der Waals surface area contributed by atoms with Crippen LogP contribution in [0.3, 0.4) is 0 Å². The smallest absolute Gasteiger partial charge is 0.134 e. The first-order chi connectivity index (χ1) is 14.4. The van der Waals surface area contributed by atoms with Gasteiger partial charge in [-0.1, -0.05) is 68.2 Å². The summed E-state index contributed by atoms with van der Waals surface area (Å²) in [6.45, 7) is 17.3. The van der Waals surface area contributed by atoms with Gasteiger partial charge < -0.3 is 14.9 Å². The summed E-state index contributed by atoms with van der Waals surface area (Å²) in [5.41, 5.74) is 3.73. The first-order valence-corrected chi connectivity index (χ1v) is 11.8. The van der Waals surface area contributed by atoms with Gasteiger partial charge in [0.05, 0.1) is 0 Å². The summed E-state index contributed by atoms with van der Waals surface area (Å²) in [6.07, 6.45) is 5.94. The van der Waals surface area contributed by atoms with Gasteiger partial charge in [-0.15, -0.1) is 0 Å². The van der Waals surface area contributed by atoms with Gasteiger partial charge in [0.25, 0.3) is 0 Å². The maximum Gasteiger partial charge on any atom is 0.134 e. The maximum absolute atomic E-state index is 10.4. The predicted molar refractivity (Wildman–Crippen MR) is 131 cm³/mol. The van der Waals surface area contributed by atoms with Crippen LogP contribution in [-0.4, -0.2) is 10.2 Å². The zero-order chi connectivity index (χ0) is 23.4. The number of aryl methyl sites for hydroxylation is 2. The molecule has 0 fully saturated rings. The number of phenolic OH excluding ortho intramolecular Hbond substituents is 2. The van der Waals surface area contributed by atoms with Crippen LogP contribution in [-0.2, 0) is 23.7 Å². The molecule has 0 aliphatic heterocycles. The maximum atomic E-state index is 10.4. The van der Waals surface area contributed by atoms with Crippen LogP contribution in [0.5, 0.6) is 23.0 Å². The average Bonchev–Trinajstić information content (AvgIpc) is 2.65. The van der Waals surface area contributed by atoms with Crippen molar-refractivity contribution in [3.05, 3.63) is 46.5 Å². The van der Waals surface area contributed by atoms with E-state index in [4.69, 9.17) is 4.74 Å². The largest absolute Gasteiger partial charge is 0.508 e. The molecule has 0 spiro atoms. The minimum Gasteiger partial charge on any atom is -0.508 e. The van der Waals surface area contributed by atoms with E-state index in [2.05, 4.69) is 55.4 Å². The number of phenols is 2. The predicted octanol–water partition coefficient (Wildman–Crippen LogP) is 8.17. The molecule has 2 rings (SSSR count). The molecule has 0 unspecified atom stereocenters. The van der Waals surface area contributed by atoms with Crippen molar-refractivity contribution in [3.8, 4) is 23.0 Å². The number of hydrogen-bond acceptors (Lipinski definition) is 3. The van der Waals surface area contributed by atoms with Crippen molar-refractivity contribution in [3.63, 3.8) is 0 Å². The van der Waals surface area contributed by atoms with Gasteiger partial charge in [-0.05, 0) is 71.9 Å². The normalized spacial score (nSPS) is 12.3. The average molecular weight is 427 g/mol. The zero-order valence-electron chi connectivity index (χ0n) is 20.9. The molecule has 2 N–H and O–H groups in total. The molecular weight excluding hydrogens is 384 g/mol. The third kappa shape index (κ3) is 6.41. The molecule has 0 aliphatic carbocycles. The van der Waals surface area contributed by atoms with E-state index in [9.17, 15) is 10.2 Å². The minimum atomic E-state index is -0.183. The Morgan fingerprint density at radius 1 is 0.645 bits per heavy atom. The summed E-state index contributed by atoms with van der Waals surface area (Å²) >= 11 is 0. The van der Waals surface area contributed by atoms with Gasteiger partial charge >= 0.3 is 0 Å². The molecule has 3 heteroatoms. The third-order valence-corrected chi connectivity index (χ3v) is 5.72. The van der Waals surface area contributed by atoms with E-state index in [1.807, 2.05) is 24.3 Å². The topological polar surface area (TPSA) is 49.7 Å². The minimum absolute atomic E-state index is 0.183. The second kappa shape index (κ2) is 9.97. The van der Waals surface area contributed by atoms with Crippen molar-refractivity contribution >= 4 is 0 Å². The molecular formula is C28H42O3. The Bertz CT molecular complexity index is 809. The number of ether oxygens (including phenoxy) is 1. The number of unbranched alkanes of at least 4 members (excludes halogenated alkanes) is 2. The second-order valence-corrected chi connectivity index (χ2v) is 10.8. The highest BCUT2D eigenvalue weighted by Gasteiger charge is 2.28. The molecule has 0 atom stereocenters. The number of rotatable bonds is 8. The summed E-state index contributed by atoms with van der Waals surface area (Å²) in [6, 6.07) is 7.38. The highest BCUT2D eigenvalue weighted by Crippen LogP contribution is 2.45. The number of hydrogen-bond donors (Lipinski definition) is 2. The molecule has 0 heterocycles. The summed E-state index contributed by atoms with van der Waals surface area (Å²) in [4.78, 5) is 0. The Morgan fingerprint density at radius 3 is 1.29 bits per heavy atom. The molecule has 3 nitrogen and oxygen atoms in total. The molecule has 0 aliphatic rings. The van der Waals surface area contributed by atoms with Crippen molar-refractivity contribution in [2.24, 2.45) is 0 Å². The first kappa shape index (κ1) is 25.1. The fraction of sp³-hybridized carbons (Fsp3) is 0.571. The van der Waals surface area contributed by atoms with E-state index in [-0.39, 0.29) is 22.3 Å². The summed E-state index contributed by atoms with van der Waals surface area (Å²) in [7, 11) is 0.